The zero-order valence-corrected chi connectivity index (χ0v) is 11.6. The van der Waals surface area contributed by atoms with Gasteiger partial charge in [-0.1, -0.05) is 24.3 Å². The molecule has 1 aromatic heterocycles. The maximum Gasteiger partial charge on any atom is 0.110 e. The summed E-state index contributed by atoms with van der Waals surface area (Å²) in [5.74, 6) is 0. The highest BCUT2D eigenvalue weighted by Gasteiger charge is 2.09. The Morgan fingerprint density at radius 3 is 3.10 bits per heavy atom. The van der Waals surface area contributed by atoms with Crippen molar-refractivity contribution < 1.29 is 4.74 Å². The van der Waals surface area contributed by atoms with Crippen molar-refractivity contribution in [2.24, 2.45) is 0 Å². The quantitative estimate of drug-likeness (QED) is 0.846. The molecular formula is C17H20N2O. The highest BCUT2D eigenvalue weighted by molar-refractivity contribution is 5.81. The molecular weight excluding hydrogens is 248 g/mol. The van der Waals surface area contributed by atoms with Gasteiger partial charge >= 0.3 is 0 Å². The van der Waals surface area contributed by atoms with Crippen molar-refractivity contribution in [2.45, 2.75) is 25.4 Å². The molecule has 0 fully saturated rings. The van der Waals surface area contributed by atoms with E-state index in [1.165, 1.54) is 10.9 Å². The number of rotatable bonds is 5. The predicted octanol–water partition coefficient (Wildman–Crippen LogP) is 3.06. The normalized spacial score (nSPS) is 18.1. The molecule has 0 aliphatic carbocycles. The topological polar surface area (TPSA) is 34.1 Å². The van der Waals surface area contributed by atoms with E-state index in [0.29, 0.717) is 6.10 Å². The molecule has 3 rings (SSSR count). The highest BCUT2D eigenvalue weighted by atomic mass is 16.5. The van der Waals surface area contributed by atoms with Gasteiger partial charge in [-0.25, -0.2) is 0 Å². The molecule has 1 N–H and O–H groups in total. The molecule has 0 spiro atoms. The molecule has 0 saturated carbocycles. The standard InChI is InChI=1S/C17H20N2O/c1-2-12-20-16(8-1)13-18-11-9-15-6-3-5-14-7-4-10-19-17(14)15/h2-7,10,12,16,18H,1,8-9,11,13H2. The largest absolute Gasteiger partial charge is 0.497 e. The lowest BCUT2D eigenvalue weighted by Gasteiger charge is -2.19. The summed E-state index contributed by atoms with van der Waals surface area (Å²) in [6.07, 6.45) is 9.32. The Hall–Kier alpha value is -1.87. The summed E-state index contributed by atoms with van der Waals surface area (Å²) < 4.78 is 5.55. The second-order valence-electron chi connectivity index (χ2n) is 5.15. The molecule has 0 amide bonds. The molecule has 0 radical (unpaired) electrons. The van der Waals surface area contributed by atoms with Crippen LogP contribution in [0.3, 0.4) is 0 Å². The second kappa shape index (κ2) is 6.53. The number of pyridine rings is 1. The molecule has 20 heavy (non-hydrogen) atoms. The number of ether oxygens (including phenoxy) is 1. The van der Waals surface area contributed by atoms with Crippen molar-refractivity contribution in [3.63, 3.8) is 0 Å². The van der Waals surface area contributed by atoms with Gasteiger partial charge in [0.1, 0.15) is 6.10 Å². The fraction of sp³-hybridized carbons (Fsp3) is 0.353. The van der Waals surface area contributed by atoms with Crippen LogP contribution in [0.2, 0.25) is 0 Å². The van der Waals surface area contributed by atoms with E-state index >= 15 is 0 Å². The number of aromatic nitrogens is 1. The maximum atomic E-state index is 5.55. The van der Waals surface area contributed by atoms with Crippen molar-refractivity contribution in [3.8, 4) is 0 Å². The SMILES string of the molecule is C1=COC(CNCCc2cccc3cccnc23)CC1. The first-order valence-electron chi connectivity index (χ1n) is 7.27. The van der Waals surface area contributed by atoms with Crippen molar-refractivity contribution in [3.05, 3.63) is 54.4 Å². The summed E-state index contributed by atoms with van der Waals surface area (Å²) >= 11 is 0. The van der Waals surface area contributed by atoms with E-state index in [4.69, 9.17) is 4.74 Å². The smallest absolute Gasteiger partial charge is 0.110 e. The van der Waals surface area contributed by atoms with Gasteiger partial charge in [-0.05, 0) is 43.5 Å². The van der Waals surface area contributed by atoms with E-state index < -0.39 is 0 Å². The van der Waals surface area contributed by atoms with Gasteiger partial charge in [0.25, 0.3) is 0 Å². The number of para-hydroxylation sites is 1. The van der Waals surface area contributed by atoms with Gasteiger partial charge in [-0.3, -0.25) is 4.98 Å². The summed E-state index contributed by atoms with van der Waals surface area (Å²) in [6, 6.07) is 10.5. The molecule has 1 aliphatic rings. The Kier molecular flexibility index (Phi) is 4.28. The van der Waals surface area contributed by atoms with Crippen molar-refractivity contribution in [1.29, 1.82) is 0 Å². The van der Waals surface area contributed by atoms with E-state index in [2.05, 4.69) is 40.6 Å². The average molecular weight is 268 g/mol. The first kappa shape index (κ1) is 13.1. The monoisotopic (exact) mass is 268 g/mol. The number of hydrogen-bond acceptors (Lipinski definition) is 3. The van der Waals surface area contributed by atoms with Gasteiger partial charge in [-0.2, -0.15) is 0 Å². The fourth-order valence-corrected chi connectivity index (χ4v) is 2.59. The van der Waals surface area contributed by atoms with Crippen LogP contribution in [-0.4, -0.2) is 24.2 Å². The summed E-state index contributed by atoms with van der Waals surface area (Å²) in [6.45, 7) is 1.88. The minimum absolute atomic E-state index is 0.325. The van der Waals surface area contributed by atoms with E-state index in [1.54, 1.807) is 0 Å². The number of nitrogens with one attached hydrogen (secondary N) is 1. The molecule has 1 unspecified atom stereocenters. The lowest BCUT2D eigenvalue weighted by molar-refractivity contribution is 0.123. The lowest BCUT2D eigenvalue weighted by Crippen LogP contribution is -2.30. The van der Waals surface area contributed by atoms with Crippen LogP contribution in [0, 0.1) is 0 Å². The Labute approximate surface area is 119 Å². The predicted molar refractivity (Wildman–Crippen MR) is 81.6 cm³/mol. The highest BCUT2D eigenvalue weighted by Crippen LogP contribution is 2.16. The van der Waals surface area contributed by atoms with Gasteiger partial charge in [-0.15, -0.1) is 0 Å². The van der Waals surface area contributed by atoms with Gasteiger partial charge in [0.05, 0.1) is 11.8 Å². The number of allylic oxidation sites excluding steroid dienone is 1. The maximum absolute atomic E-state index is 5.55. The molecule has 2 aromatic rings. The number of fused-ring (bicyclic) bond motifs is 1. The van der Waals surface area contributed by atoms with E-state index in [9.17, 15) is 0 Å². The summed E-state index contributed by atoms with van der Waals surface area (Å²) in [4.78, 5) is 4.49. The van der Waals surface area contributed by atoms with Crippen LogP contribution in [0.5, 0.6) is 0 Å². The van der Waals surface area contributed by atoms with Crippen molar-refractivity contribution in [2.75, 3.05) is 13.1 Å². The van der Waals surface area contributed by atoms with Crippen molar-refractivity contribution >= 4 is 10.9 Å². The molecule has 0 bridgehead atoms. The third-order valence-corrected chi connectivity index (χ3v) is 3.68. The van der Waals surface area contributed by atoms with Crippen LogP contribution in [0.25, 0.3) is 10.9 Å². The van der Waals surface area contributed by atoms with Crippen LogP contribution >= 0.6 is 0 Å². The van der Waals surface area contributed by atoms with Gasteiger partial charge < -0.3 is 10.1 Å². The van der Waals surface area contributed by atoms with Gasteiger partial charge in [0.2, 0.25) is 0 Å². The Balaban J connectivity index is 1.53. The van der Waals surface area contributed by atoms with Gasteiger partial charge in [0.15, 0.2) is 0 Å². The molecule has 0 saturated heterocycles. The molecule has 3 nitrogen and oxygen atoms in total. The molecule has 1 atom stereocenters. The van der Waals surface area contributed by atoms with Crippen molar-refractivity contribution in [1.82, 2.24) is 10.3 Å². The lowest BCUT2D eigenvalue weighted by atomic mass is 10.1. The molecule has 3 heteroatoms. The van der Waals surface area contributed by atoms with E-state index in [1.807, 2.05) is 18.5 Å². The van der Waals surface area contributed by atoms with E-state index in [-0.39, 0.29) is 0 Å². The van der Waals surface area contributed by atoms with E-state index in [0.717, 1.165) is 37.9 Å². The molecule has 1 aliphatic heterocycles. The first-order valence-corrected chi connectivity index (χ1v) is 7.27. The summed E-state index contributed by atoms with van der Waals surface area (Å²) in [7, 11) is 0. The zero-order chi connectivity index (χ0) is 13.6. The van der Waals surface area contributed by atoms with Crippen LogP contribution in [0.15, 0.2) is 48.9 Å². The van der Waals surface area contributed by atoms with Crippen LogP contribution in [-0.2, 0) is 11.2 Å². The number of benzene rings is 1. The Morgan fingerprint density at radius 1 is 1.25 bits per heavy atom. The summed E-state index contributed by atoms with van der Waals surface area (Å²) in [5, 5.41) is 4.70. The molecule has 1 aromatic carbocycles. The number of nitrogens with zero attached hydrogens (tertiary/aromatic N) is 1. The zero-order valence-electron chi connectivity index (χ0n) is 11.6. The Bertz CT molecular complexity index is 589. The van der Waals surface area contributed by atoms with Crippen LogP contribution in [0.1, 0.15) is 18.4 Å². The molecule has 2 heterocycles. The minimum atomic E-state index is 0.325. The van der Waals surface area contributed by atoms with Crippen LogP contribution < -0.4 is 5.32 Å². The Morgan fingerprint density at radius 2 is 2.20 bits per heavy atom. The average Bonchev–Trinajstić information content (AvgIpc) is 2.53. The van der Waals surface area contributed by atoms with Gasteiger partial charge in [0, 0.05) is 18.1 Å². The van der Waals surface area contributed by atoms with Crippen LogP contribution in [0.4, 0.5) is 0 Å². The minimum Gasteiger partial charge on any atom is -0.497 e. The third kappa shape index (κ3) is 3.17. The fourth-order valence-electron chi connectivity index (χ4n) is 2.59. The summed E-state index contributed by atoms with van der Waals surface area (Å²) in [5.41, 5.74) is 2.42. The number of hydrogen-bond donors (Lipinski definition) is 1. The third-order valence-electron chi connectivity index (χ3n) is 3.68. The first-order chi connectivity index (χ1) is 9.93. The second-order valence-corrected chi connectivity index (χ2v) is 5.15. The molecule has 104 valence electrons.